The Morgan fingerprint density at radius 2 is 2.15 bits per heavy atom. The summed E-state index contributed by atoms with van der Waals surface area (Å²) in [4.78, 5) is 4.72. The number of hydrogen-bond acceptors (Lipinski definition) is 4. The Kier molecular flexibility index (Phi) is 4.87. The van der Waals surface area contributed by atoms with E-state index in [1.54, 1.807) is 6.20 Å². The highest BCUT2D eigenvalue weighted by Crippen LogP contribution is 2.25. The molecule has 0 amide bonds. The fourth-order valence-electron chi connectivity index (χ4n) is 1.99. The molecule has 0 aliphatic rings. The molecule has 0 atom stereocenters. The second-order valence-corrected chi connectivity index (χ2v) is 5.21. The quantitative estimate of drug-likeness (QED) is 0.632. The van der Waals surface area contributed by atoms with Crippen LogP contribution in [0.15, 0.2) is 30.5 Å². The molecule has 0 saturated carbocycles. The van der Waals surface area contributed by atoms with Crippen molar-refractivity contribution in [3.8, 4) is 0 Å². The van der Waals surface area contributed by atoms with Crippen LogP contribution in [0.3, 0.4) is 0 Å². The third-order valence-electron chi connectivity index (χ3n) is 2.90. The third-order valence-corrected chi connectivity index (χ3v) is 3.12. The van der Waals surface area contributed by atoms with Crippen molar-refractivity contribution in [3.63, 3.8) is 0 Å². The summed E-state index contributed by atoms with van der Waals surface area (Å²) < 4.78 is 5.53. The standard InChI is InChI=1S/C15H19N3OS/c1-10(2)19-8-7-17-14-11-5-3-4-6-13(11)18-9-12(14)15(16)20/h3-6,9-10H,7-8H2,1-2H3,(H2,16,20)(H,17,18). The van der Waals surface area contributed by atoms with E-state index in [1.807, 2.05) is 38.1 Å². The first kappa shape index (κ1) is 14.7. The van der Waals surface area contributed by atoms with Gasteiger partial charge in [0, 0.05) is 18.1 Å². The van der Waals surface area contributed by atoms with Crippen LogP contribution >= 0.6 is 12.2 Å². The largest absolute Gasteiger partial charge is 0.389 e. The van der Waals surface area contributed by atoms with Crippen molar-refractivity contribution in [2.75, 3.05) is 18.5 Å². The first-order valence-corrected chi connectivity index (χ1v) is 7.03. The molecule has 0 fully saturated rings. The van der Waals surface area contributed by atoms with Crippen molar-refractivity contribution in [1.82, 2.24) is 4.98 Å². The van der Waals surface area contributed by atoms with E-state index in [-0.39, 0.29) is 6.10 Å². The zero-order valence-corrected chi connectivity index (χ0v) is 12.5. The van der Waals surface area contributed by atoms with Gasteiger partial charge in [-0.15, -0.1) is 0 Å². The third kappa shape index (κ3) is 3.43. The minimum atomic E-state index is 0.223. The van der Waals surface area contributed by atoms with Crippen molar-refractivity contribution in [2.24, 2.45) is 5.73 Å². The molecule has 0 bridgehead atoms. The van der Waals surface area contributed by atoms with Crippen molar-refractivity contribution in [1.29, 1.82) is 0 Å². The van der Waals surface area contributed by atoms with Crippen LogP contribution in [0.1, 0.15) is 19.4 Å². The molecule has 0 unspecified atom stereocenters. The van der Waals surface area contributed by atoms with Gasteiger partial charge < -0.3 is 15.8 Å². The Balaban J connectivity index is 2.28. The Hall–Kier alpha value is -1.72. The summed E-state index contributed by atoms with van der Waals surface area (Å²) in [5.74, 6) is 0. The first-order valence-electron chi connectivity index (χ1n) is 6.62. The Bertz CT molecular complexity index is 613. The number of hydrogen-bond donors (Lipinski definition) is 2. The van der Waals surface area contributed by atoms with Crippen LogP contribution in [0.2, 0.25) is 0 Å². The summed E-state index contributed by atoms with van der Waals surface area (Å²) in [6, 6.07) is 7.91. The van der Waals surface area contributed by atoms with Gasteiger partial charge in [-0.25, -0.2) is 0 Å². The van der Waals surface area contributed by atoms with Gasteiger partial charge in [0.05, 0.1) is 29.5 Å². The van der Waals surface area contributed by atoms with Crippen molar-refractivity contribution >= 4 is 33.8 Å². The van der Waals surface area contributed by atoms with Crippen LogP contribution in [-0.2, 0) is 4.74 Å². The van der Waals surface area contributed by atoms with E-state index in [4.69, 9.17) is 22.7 Å². The number of ether oxygens (including phenoxy) is 1. The molecule has 2 rings (SSSR count). The van der Waals surface area contributed by atoms with E-state index in [1.165, 1.54) is 0 Å². The van der Waals surface area contributed by atoms with E-state index >= 15 is 0 Å². The number of thiocarbonyl (C=S) groups is 1. The summed E-state index contributed by atoms with van der Waals surface area (Å²) in [6.07, 6.45) is 1.94. The lowest BCUT2D eigenvalue weighted by Crippen LogP contribution is -2.18. The number of aromatic nitrogens is 1. The number of pyridine rings is 1. The van der Waals surface area contributed by atoms with Gasteiger partial charge in [0.1, 0.15) is 4.99 Å². The van der Waals surface area contributed by atoms with Crippen LogP contribution in [0.5, 0.6) is 0 Å². The van der Waals surface area contributed by atoms with Gasteiger partial charge in [0.15, 0.2) is 0 Å². The topological polar surface area (TPSA) is 60.2 Å². The van der Waals surface area contributed by atoms with Gasteiger partial charge in [-0.1, -0.05) is 30.4 Å². The zero-order valence-electron chi connectivity index (χ0n) is 11.7. The molecule has 4 nitrogen and oxygen atoms in total. The van der Waals surface area contributed by atoms with Gasteiger partial charge in [-0.05, 0) is 19.9 Å². The van der Waals surface area contributed by atoms with E-state index in [0.29, 0.717) is 18.1 Å². The molecule has 1 aromatic carbocycles. The van der Waals surface area contributed by atoms with E-state index in [9.17, 15) is 0 Å². The number of anilines is 1. The maximum Gasteiger partial charge on any atom is 0.107 e. The molecule has 0 spiro atoms. The lowest BCUT2D eigenvalue weighted by molar-refractivity contribution is 0.0871. The van der Waals surface area contributed by atoms with Crippen LogP contribution in [-0.4, -0.2) is 29.2 Å². The van der Waals surface area contributed by atoms with Crippen molar-refractivity contribution < 1.29 is 4.74 Å². The molecular weight excluding hydrogens is 270 g/mol. The fraction of sp³-hybridized carbons (Fsp3) is 0.333. The number of nitrogens with one attached hydrogen (secondary N) is 1. The van der Waals surface area contributed by atoms with Gasteiger partial charge in [-0.3, -0.25) is 4.98 Å². The molecule has 2 aromatic rings. The molecule has 0 saturated heterocycles. The van der Waals surface area contributed by atoms with Gasteiger partial charge in [0.25, 0.3) is 0 Å². The highest BCUT2D eigenvalue weighted by molar-refractivity contribution is 7.80. The molecule has 3 N–H and O–H groups in total. The lowest BCUT2D eigenvalue weighted by atomic mass is 10.1. The number of nitrogens with zero attached hydrogens (tertiary/aromatic N) is 1. The molecule has 1 aromatic heterocycles. The number of rotatable bonds is 6. The number of para-hydroxylation sites is 1. The maximum atomic E-state index is 5.78. The Morgan fingerprint density at radius 1 is 1.40 bits per heavy atom. The first-order chi connectivity index (χ1) is 9.59. The van der Waals surface area contributed by atoms with Gasteiger partial charge in [-0.2, -0.15) is 0 Å². The monoisotopic (exact) mass is 289 g/mol. The summed E-state index contributed by atoms with van der Waals surface area (Å²) in [7, 11) is 0. The number of nitrogens with two attached hydrogens (primary N) is 1. The van der Waals surface area contributed by atoms with Gasteiger partial charge in [0.2, 0.25) is 0 Å². The average molecular weight is 289 g/mol. The Labute approximate surface area is 124 Å². The van der Waals surface area contributed by atoms with Gasteiger partial charge >= 0.3 is 0 Å². The molecule has 5 heteroatoms. The molecule has 0 radical (unpaired) electrons. The van der Waals surface area contributed by atoms with Crippen LogP contribution < -0.4 is 11.1 Å². The highest BCUT2D eigenvalue weighted by atomic mass is 32.1. The van der Waals surface area contributed by atoms with E-state index < -0.39 is 0 Å². The summed E-state index contributed by atoms with van der Waals surface area (Å²) in [5.41, 5.74) is 8.39. The van der Waals surface area contributed by atoms with Crippen LogP contribution in [0.4, 0.5) is 5.69 Å². The van der Waals surface area contributed by atoms with Crippen LogP contribution in [0.25, 0.3) is 10.9 Å². The zero-order chi connectivity index (χ0) is 14.5. The van der Waals surface area contributed by atoms with E-state index in [0.717, 1.165) is 22.2 Å². The average Bonchev–Trinajstić information content (AvgIpc) is 2.42. The number of fused-ring (bicyclic) bond motifs is 1. The minimum absolute atomic E-state index is 0.223. The maximum absolute atomic E-state index is 5.78. The predicted molar refractivity (Wildman–Crippen MR) is 87.2 cm³/mol. The number of benzene rings is 1. The normalized spacial score (nSPS) is 10.9. The second kappa shape index (κ2) is 6.63. The summed E-state index contributed by atoms with van der Waals surface area (Å²) >= 11 is 5.10. The predicted octanol–water partition coefficient (Wildman–Crippen LogP) is 2.71. The fourth-order valence-corrected chi connectivity index (χ4v) is 2.14. The molecule has 106 valence electrons. The molecule has 0 aliphatic carbocycles. The molecule has 20 heavy (non-hydrogen) atoms. The molecule has 0 aliphatic heterocycles. The smallest absolute Gasteiger partial charge is 0.107 e. The summed E-state index contributed by atoms with van der Waals surface area (Å²) in [5, 5.41) is 4.38. The minimum Gasteiger partial charge on any atom is -0.389 e. The molecule has 1 heterocycles. The Morgan fingerprint density at radius 3 is 2.85 bits per heavy atom. The van der Waals surface area contributed by atoms with Crippen LogP contribution in [0, 0.1) is 0 Å². The van der Waals surface area contributed by atoms with Crippen molar-refractivity contribution in [3.05, 3.63) is 36.0 Å². The summed E-state index contributed by atoms with van der Waals surface area (Å²) in [6.45, 7) is 5.36. The van der Waals surface area contributed by atoms with E-state index in [2.05, 4.69) is 10.3 Å². The molecular formula is C15H19N3OS. The lowest BCUT2D eigenvalue weighted by Gasteiger charge is -2.14. The van der Waals surface area contributed by atoms with Crippen molar-refractivity contribution in [2.45, 2.75) is 20.0 Å². The second-order valence-electron chi connectivity index (χ2n) is 4.77. The highest BCUT2D eigenvalue weighted by Gasteiger charge is 2.10. The SMILES string of the molecule is CC(C)OCCNc1c(C(N)=S)cnc2ccccc12.